The molecule has 26 heavy (non-hydrogen) atoms. The van der Waals surface area contributed by atoms with E-state index in [1.54, 1.807) is 37.3 Å². The van der Waals surface area contributed by atoms with Crippen LogP contribution in [0.2, 0.25) is 0 Å². The molecule has 0 radical (unpaired) electrons. The lowest BCUT2D eigenvalue weighted by Gasteiger charge is -2.12. The van der Waals surface area contributed by atoms with Gasteiger partial charge in [0.05, 0.1) is 5.56 Å². The number of carbonyl (C=O) groups excluding carboxylic acids is 2. The number of aliphatic hydroxyl groups is 1. The Bertz CT molecular complexity index is 806. The molecule has 5 nitrogen and oxygen atoms in total. The molecule has 0 saturated carbocycles. The predicted octanol–water partition coefficient (Wildman–Crippen LogP) is 3.37. The fraction of sp³-hybridized carbons (Fsp3) is 0.238. The molecule has 0 fully saturated rings. The van der Waals surface area contributed by atoms with E-state index in [9.17, 15) is 14.7 Å². The highest BCUT2D eigenvalue weighted by atomic mass is 16.5. The minimum Gasteiger partial charge on any atom is -0.457 e. The molecule has 0 amide bonds. The molecule has 0 atom stereocenters. The van der Waals surface area contributed by atoms with Gasteiger partial charge in [0.2, 0.25) is 0 Å². The normalized spacial score (nSPS) is 10.3. The number of hydrogen-bond donors (Lipinski definition) is 1. The summed E-state index contributed by atoms with van der Waals surface area (Å²) in [6, 6.07) is 12.1. The number of aliphatic hydroxyl groups excluding tert-OH is 1. The van der Waals surface area contributed by atoms with Crippen LogP contribution in [-0.4, -0.2) is 23.7 Å². The number of hydrogen-bond acceptors (Lipinski definition) is 5. The topological polar surface area (TPSA) is 72.8 Å². The van der Waals surface area contributed by atoms with Crippen LogP contribution in [0.5, 0.6) is 5.75 Å². The second kappa shape index (κ2) is 8.97. The van der Waals surface area contributed by atoms with Gasteiger partial charge in [0.1, 0.15) is 12.4 Å². The third-order valence-electron chi connectivity index (χ3n) is 3.76. The average Bonchev–Trinajstić information content (AvgIpc) is 2.62. The van der Waals surface area contributed by atoms with Crippen LogP contribution in [0.25, 0.3) is 0 Å². The Balaban J connectivity index is 2.16. The second-order valence-corrected chi connectivity index (χ2v) is 6.02. The number of carbonyl (C=O) groups is 2. The molecule has 0 bridgehead atoms. The number of benzene rings is 2. The van der Waals surface area contributed by atoms with Gasteiger partial charge in [-0.2, -0.15) is 0 Å². The Morgan fingerprint density at radius 1 is 1.08 bits per heavy atom. The zero-order valence-corrected chi connectivity index (χ0v) is 15.0. The van der Waals surface area contributed by atoms with Crippen LogP contribution in [0.4, 0.5) is 0 Å². The summed E-state index contributed by atoms with van der Waals surface area (Å²) in [4.78, 5) is 23.8. The summed E-state index contributed by atoms with van der Waals surface area (Å²) in [6.45, 7) is 7.02. The first-order valence-corrected chi connectivity index (χ1v) is 8.25. The molecule has 2 rings (SSSR count). The Kier molecular flexibility index (Phi) is 6.69. The predicted molar refractivity (Wildman–Crippen MR) is 98.0 cm³/mol. The smallest absolute Gasteiger partial charge is 0.343 e. The Morgan fingerprint density at radius 3 is 2.38 bits per heavy atom. The van der Waals surface area contributed by atoms with E-state index in [1.807, 2.05) is 19.1 Å². The highest BCUT2D eigenvalue weighted by Gasteiger charge is 2.12. The second-order valence-electron chi connectivity index (χ2n) is 6.02. The molecule has 0 aliphatic rings. The van der Waals surface area contributed by atoms with Crippen molar-refractivity contribution in [2.45, 2.75) is 26.9 Å². The van der Waals surface area contributed by atoms with Gasteiger partial charge in [-0.25, -0.2) is 9.59 Å². The van der Waals surface area contributed by atoms with E-state index in [1.165, 1.54) is 0 Å². The number of esters is 2. The molecular weight excluding hydrogens is 332 g/mol. The first-order chi connectivity index (χ1) is 12.4. The molecule has 0 aromatic heterocycles. The van der Waals surface area contributed by atoms with Crippen molar-refractivity contribution >= 4 is 11.9 Å². The molecule has 0 saturated heterocycles. The molecule has 2 aromatic carbocycles. The third-order valence-corrected chi connectivity index (χ3v) is 3.76. The lowest BCUT2D eigenvalue weighted by molar-refractivity contribution is -0.140. The van der Waals surface area contributed by atoms with Gasteiger partial charge in [0, 0.05) is 12.2 Å². The summed E-state index contributed by atoms with van der Waals surface area (Å²) in [5.74, 6) is -0.620. The van der Waals surface area contributed by atoms with Gasteiger partial charge in [-0.05, 0) is 55.7 Å². The summed E-state index contributed by atoms with van der Waals surface area (Å²) in [5, 5.41) is 9.19. The molecule has 5 heteroatoms. The molecule has 0 unspecified atom stereocenters. The molecule has 0 spiro atoms. The van der Waals surface area contributed by atoms with E-state index in [0.29, 0.717) is 28.9 Å². The molecular formula is C21H22O5. The number of aryl methyl sites for hydroxylation is 1. The van der Waals surface area contributed by atoms with Gasteiger partial charge in [-0.3, -0.25) is 0 Å². The first-order valence-electron chi connectivity index (χ1n) is 8.25. The van der Waals surface area contributed by atoms with Crippen molar-refractivity contribution in [3.63, 3.8) is 0 Å². The van der Waals surface area contributed by atoms with Crippen molar-refractivity contribution in [2.75, 3.05) is 6.61 Å². The maximum absolute atomic E-state index is 12.2. The lowest BCUT2D eigenvalue weighted by Crippen LogP contribution is -2.10. The van der Waals surface area contributed by atoms with Crippen molar-refractivity contribution in [3.05, 3.63) is 76.9 Å². The van der Waals surface area contributed by atoms with Gasteiger partial charge in [-0.1, -0.05) is 30.3 Å². The SMILES string of the molecule is C=C(C)C(=O)OCc1cc(OC(=O)c2ccc(C)cc2)ccc1CCO. The summed E-state index contributed by atoms with van der Waals surface area (Å²) in [6.07, 6.45) is 0.409. The fourth-order valence-electron chi connectivity index (χ4n) is 2.29. The summed E-state index contributed by atoms with van der Waals surface area (Å²) in [7, 11) is 0. The maximum Gasteiger partial charge on any atom is 0.343 e. The van der Waals surface area contributed by atoms with Gasteiger partial charge < -0.3 is 14.6 Å². The van der Waals surface area contributed by atoms with Crippen LogP contribution in [0.15, 0.2) is 54.6 Å². The van der Waals surface area contributed by atoms with Crippen LogP contribution in [0.3, 0.4) is 0 Å². The summed E-state index contributed by atoms with van der Waals surface area (Å²) in [5.41, 5.74) is 3.29. The molecule has 0 heterocycles. The van der Waals surface area contributed by atoms with Crippen LogP contribution >= 0.6 is 0 Å². The van der Waals surface area contributed by atoms with Crippen LogP contribution in [-0.2, 0) is 22.6 Å². The third kappa shape index (κ3) is 5.29. The Morgan fingerprint density at radius 2 is 1.77 bits per heavy atom. The molecule has 136 valence electrons. The fourth-order valence-corrected chi connectivity index (χ4v) is 2.29. The Labute approximate surface area is 152 Å². The monoisotopic (exact) mass is 354 g/mol. The van der Waals surface area contributed by atoms with Crippen molar-refractivity contribution in [1.82, 2.24) is 0 Å². The summed E-state index contributed by atoms with van der Waals surface area (Å²) >= 11 is 0. The van der Waals surface area contributed by atoms with Crippen molar-refractivity contribution in [1.29, 1.82) is 0 Å². The number of rotatable bonds is 7. The van der Waals surface area contributed by atoms with E-state index < -0.39 is 11.9 Å². The summed E-state index contributed by atoms with van der Waals surface area (Å²) < 4.78 is 10.6. The van der Waals surface area contributed by atoms with E-state index in [0.717, 1.165) is 11.1 Å². The van der Waals surface area contributed by atoms with E-state index >= 15 is 0 Å². The molecule has 1 N–H and O–H groups in total. The minimum absolute atomic E-state index is 0.0109. The van der Waals surface area contributed by atoms with Gasteiger partial charge in [0.15, 0.2) is 0 Å². The molecule has 0 aliphatic carbocycles. The van der Waals surface area contributed by atoms with E-state index in [4.69, 9.17) is 9.47 Å². The van der Waals surface area contributed by atoms with Crippen molar-refractivity contribution in [3.8, 4) is 5.75 Å². The average molecular weight is 354 g/mol. The standard InChI is InChI=1S/C21H22O5/c1-14(2)20(23)25-13-18-12-19(9-8-16(18)10-11-22)26-21(24)17-6-4-15(3)5-7-17/h4-9,12,22H,1,10-11,13H2,2-3H3. The van der Waals surface area contributed by atoms with Crippen molar-refractivity contribution < 1.29 is 24.2 Å². The Hall–Kier alpha value is -2.92. The largest absolute Gasteiger partial charge is 0.457 e. The molecule has 0 aliphatic heterocycles. The van der Waals surface area contributed by atoms with E-state index in [2.05, 4.69) is 6.58 Å². The van der Waals surface area contributed by atoms with Gasteiger partial charge >= 0.3 is 11.9 Å². The highest BCUT2D eigenvalue weighted by molar-refractivity contribution is 5.91. The zero-order chi connectivity index (χ0) is 19.1. The van der Waals surface area contributed by atoms with Crippen molar-refractivity contribution in [2.24, 2.45) is 0 Å². The first kappa shape index (κ1) is 19.4. The lowest BCUT2D eigenvalue weighted by atomic mass is 10.0. The number of ether oxygens (including phenoxy) is 2. The van der Waals surface area contributed by atoms with Gasteiger partial charge in [-0.15, -0.1) is 0 Å². The molecule has 2 aromatic rings. The highest BCUT2D eigenvalue weighted by Crippen LogP contribution is 2.21. The van der Waals surface area contributed by atoms with E-state index in [-0.39, 0.29) is 13.2 Å². The quantitative estimate of drug-likeness (QED) is 0.469. The zero-order valence-electron chi connectivity index (χ0n) is 15.0. The minimum atomic E-state index is -0.498. The van der Waals surface area contributed by atoms with Gasteiger partial charge in [0.25, 0.3) is 0 Å². The van der Waals surface area contributed by atoms with Crippen LogP contribution in [0.1, 0.15) is 34.0 Å². The van der Waals surface area contributed by atoms with Crippen LogP contribution < -0.4 is 4.74 Å². The van der Waals surface area contributed by atoms with Crippen LogP contribution in [0, 0.1) is 6.92 Å². The maximum atomic E-state index is 12.2.